The average Bonchev–Trinajstić information content (AvgIpc) is 2.88. The van der Waals surface area contributed by atoms with Crippen LogP contribution in [0, 0.1) is 5.92 Å². The molecule has 5 heteroatoms. The van der Waals surface area contributed by atoms with E-state index in [1.807, 2.05) is 58.0 Å². The fraction of sp³-hybridized carbons (Fsp3) is 0.323. The van der Waals surface area contributed by atoms with Gasteiger partial charge in [-0.25, -0.2) is 0 Å². The molecule has 1 atom stereocenters. The molecule has 0 bridgehead atoms. The van der Waals surface area contributed by atoms with Gasteiger partial charge in [-0.15, -0.1) is 18.3 Å². The third-order valence-electron chi connectivity index (χ3n) is 5.16. The van der Waals surface area contributed by atoms with Gasteiger partial charge in [0.05, 0.1) is 6.61 Å². The van der Waals surface area contributed by atoms with Crippen molar-refractivity contribution in [2.24, 2.45) is 5.92 Å². The summed E-state index contributed by atoms with van der Waals surface area (Å²) in [6.45, 7) is 13.0. The molecule has 4 nitrogen and oxygen atoms in total. The average molecular weight is 506 g/mol. The van der Waals surface area contributed by atoms with Crippen molar-refractivity contribution in [3.8, 4) is 5.75 Å². The summed E-state index contributed by atoms with van der Waals surface area (Å²) in [5, 5.41) is 3.28. The van der Waals surface area contributed by atoms with Crippen molar-refractivity contribution in [1.29, 1.82) is 0 Å². The zero-order valence-corrected chi connectivity index (χ0v) is 22.7. The van der Waals surface area contributed by atoms with E-state index in [1.165, 1.54) is 5.56 Å². The Morgan fingerprint density at radius 3 is 2.19 bits per heavy atom. The Hall–Kier alpha value is -3.18. The molecule has 0 aliphatic heterocycles. The van der Waals surface area contributed by atoms with E-state index in [2.05, 4.69) is 60.4 Å². The summed E-state index contributed by atoms with van der Waals surface area (Å²) in [6, 6.07) is 26.7. The number of carbonyl (C=O) groups excluding carboxylic acids is 1. The molecule has 0 heterocycles. The summed E-state index contributed by atoms with van der Waals surface area (Å²) < 4.78 is 11.1. The van der Waals surface area contributed by atoms with E-state index in [9.17, 15) is 4.79 Å². The first kappa shape index (κ1) is 29.1. The smallest absolute Gasteiger partial charge is 0.319 e. The Morgan fingerprint density at radius 1 is 0.972 bits per heavy atom. The standard InChI is InChI=1S/C28H33NO3S.C3H6/c1-4-31-28(30)27(21(2)3)33-26-16-12-24(13-17-26)29-19-18-22-10-14-25(15-11-22)32-20-23-8-6-5-7-9-23;1-3-2/h5-17,21,27,29H,4,18-20H2,1-3H3;3H,1H2,2H3. The summed E-state index contributed by atoms with van der Waals surface area (Å²) in [6.07, 6.45) is 2.67. The van der Waals surface area contributed by atoms with Crippen LogP contribution in [0.1, 0.15) is 38.8 Å². The molecular formula is C31H39NO3S. The highest BCUT2D eigenvalue weighted by atomic mass is 32.2. The van der Waals surface area contributed by atoms with Crippen molar-refractivity contribution in [2.45, 2.75) is 50.9 Å². The maximum atomic E-state index is 12.2. The minimum atomic E-state index is -0.191. The van der Waals surface area contributed by atoms with Crippen molar-refractivity contribution in [3.63, 3.8) is 0 Å². The molecule has 192 valence electrons. The molecule has 1 N–H and O–H groups in total. The van der Waals surface area contributed by atoms with E-state index in [0.717, 1.165) is 34.9 Å². The number of hydrogen-bond donors (Lipinski definition) is 1. The van der Waals surface area contributed by atoms with Crippen molar-refractivity contribution in [3.05, 3.63) is 103 Å². The van der Waals surface area contributed by atoms with Gasteiger partial charge < -0.3 is 14.8 Å². The van der Waals surface area contributed by atoms with Gasteiger partial charge in [0.15, 0.2) is 0 Å². The van der Waals surface area contributed by atoms with E-state index in [1.54, 1.807) is 17.8 Å². The first-order chi connectivity index (χ1) is 17.5. The predicted molar refractivity (Wildman–Crippen MR) is 153 cm³/mol. The second-order valence-electron chi connectivity index (χ2n) is 8.56. The highest BCUT2D eigenvalue weighted by molar-refractivity contribution is 8.00. The Labute approximate surface area is 221 Å². The number of anilines is 1. The number of benzene rings is 3. The van der Waals surface area contributed by atoms with Crippen LogP contribution in [-0.2, 0) is 22.6 Å². The van der Waals surface area contributed by atoms with Crippen LogP contribution in [0.3, 0.4) is 0 Å². The molecule has 0 saturated carbocycles. The quantitative estimate of drug-likeness (QED) is 0.155. The van der Waals surface area contributed by atoms with Crippen molar-refractivity contribution >= 4 is 23.4 Å². The van der Waals surface area contributed by atoms with Crippen molar-refractivity contribution < 1.29 is 14.3 Å². The molecule has 0 radical (unpaired) electrons. The van der Waals surface area contributed by atoms with Crippen LogP contribution in [0.25, 0.3) is 0 Å². The Kier molecular flexibility index (Phi) is 13.3. The normalized spacial score (nSPS) is 11.1. The van der Waals surface area contributed by atoms with Gasteiger partial charge in [-0.05, 0) is 73.7 Å². The van der Waals surface area contributed by atoms with Crippen LogP contribution in [0.15, 0.2) is 96.4 Å². The SMILES string of the molecule is C=CC.CCOC(=O)C(Sc1ccc(NCCc2ccc(OCc3ccccc3)cc2)cc1)C(C)C. The zero-order chi connectivity index (χ0) is 26.2. The van der Waals surface area contributed by atoms with Crippen LogP contribution in [0.5, 0.6) is 5.75 Å². The number of carbonyl (C=O) groups is 1. The largest absolute Gasteiger partial charge is 0.489 e. The van der Waals surface area contributed by atoms with E-state index in [-0.39, 0.29) is 17.1 Å². The first-order valence-corrected chi connectivity index (χ1v) is 13.3. The first-order valence-electron chi connectivity index (χ1n) is 12.5. The second-order valence-corrected chi connectivity index (χ2v) is 9.78. The monoisotopic (exact) mass is 505 g/mol. The van der Waals surface area contributed by atoms with Crippen LogP contribution in [0.2, 0.25) is 0 Å². The lowest BCUT2D eigenvalue weighted by atomic mass is 10.1. The Morgan fingerprint density at radius 2 is 1.61 bits per heavy atom. The second kappa shape index (κ2) is 16.5. The van der Waals surface area contributed by atoms with E-state index in [4.69, 9.17) is 9.47 Å². The van der Waals surface area contributed by atoms with E-state index in [0.29, 0.717) is 13.2 Å². The number of allylic oxidation sites excluding steroid dienone is 1. The lowest BCUT2D eigenvalue weighted by Crippen LogP contribution is -2.25. The number of thioether (sulfide) groups is 1. The summed E-state index contributed by atoms with van der Waals surface area (Å²) in [4.78, 5) is 13.3. The summed E-state index contributed by atoms with van der Waals surface area (Å²) >= 11 is 1.56. The van der Waals surface area contributed by atoms with Crippen molar-refractivity contribution in [2.75, 3.05) is 18.5 Å². The maximum Gasteiger partial charge on any atom is 0.319 e. The van der Waals surface area contributed by atoms with Crippen molar-refractivity contribution in [1.82, 2.24) is 0 Å². The van der Waals surface area contributed by atoms with Crippen LogP contribution < -0.4 is 10.1 Å². The topological polar surface area (TPSA) is 47.6 Å². The minimum Gasteiger partial charge on any atom is -0.489 e. The lowest BCUT2D eigenvalue weighted by Gasteiger charge is -2.18. The molecule has 0 fully saturated rings. The third kappa shape index (κ3) is 10.6. The molecule has 3 rings (SSSR count). The molecule has 1 unspecified atom stereocenters. The predicted octanol–water partition coefficient (Wildman–Crippen LogP) is 7.79. The number of rotatable bonds is 12. The molecule has 0 aromatic heterocycles. The summed E-state index contributed by atoms with van der Waals surface area (Å²) in [5.74, 6) is 0.948. The fourth-order valence-corrected chi connectivity index (χ4v) is 4.35. The van der Waals surface area contributed by atoms with Gasteiger partial charge >= 0.3 is 5.97 Å². The molecule has 0 aliphatic rings. The van der Waals surface area contributed by atoms with Crippen LogP contribution in [-0.4, -0.2) is 24.4 Å². The third-order valence-corrected chi connectivity index (χ3v) is 6.69. The van der Waals surface area contributed by atoms with Crippen LogP contribution in [0.4, 0.5) is 5.69 Å². The molecule has 36 heavy (non-hydrogen) atoms. The van der Waals surface area contributed by atoms with Gasteiger partial charge in [0.25, 0.3) is 0 Å². The number of hydrogen-bond acceptors (Lipinski definition) is 5. The van der Waals surface area contributed by atoms with E-state index < -0.39 is 0 Å². The van der Waals surface area contributed by atoms with Gasteiger partial charge in [0.2, 0.25) is 0 Å². The van der Waals surface area contributed by atoms with Gasteiger partial charge in [0, 0.05) is 17.1 Å². The van der Waals surface area contributed by atoms with Gasteiger partial charge in [0.1, 0.15) is 17.6 Å². The molecule has 3 aromatic rings. The summed E-state index contributed by atoms with van der Waals surface area (Å²) in [5.41, 5.74) is 3.49. The Bertz CT molecular complexity index is 1020. The minimum absolute atomic E-state index is 0.142. The number of esters is 1. The fourth-order valence-electron chi connectivity index (χ4n) is 3.32. The van der Waals surface area contributed by atoms with Gasteiger partial charge in [-0.1, -0.05) is 62.4 Å². The molecular weight excluding hydrogens is 466 g/mol. The molecule has 0 saturated heterocycles. The molecule has 0 spiro atoms. The van der Waals surface area contributed by atoms with Crippen LogP contribution >= 0.6 is 11.8 Å². The van der Waals surface area contributed by atoms with Gasteiger partial charge in [-0.2, -0.15) is 0 Å². The number of nitrogens with one attached hydrogen (secondary N) is 1. The molecule has 0 aliphatic carbocycles. The van der Waals surface area contributed by atoms with Gasteiger partial charge in [-0.3, -0.25) is 4.79 Å². The zero-order valence-electron chi connectivity index (χ0n) is 21.9. The molecule has 3 aromatic carbocycles. The lowest BCUT2D eigenvalue weighted by molar-refractivity contribution is -0.143. The molecule has 0 amide bonds. The number of ether oxygens (including phenoxy) is 2. The van der Waals surface area contributed by atoms with E-state index >= 15 is 0 Å². The summed E-state index contributed by atoms with van der Waals surface area (Å²) in [7, 11) is 0. The Balaban J connectivity index is 0.00000145. The highest BCUT2D eigenvalue weighted by Gasteiger charge is 2.24. The highest BCUT2D eigenvalue weighted by Crippen LogP contribution is 2.30. The maximum absolute atomic E-state index is 12.2.